The molecule has 200 valence electrons. The SMILES string of the molecule is COc1ccc(C=NNC(=O)CN2CCN(S(=O)(=O)c3ccc(C)cc3)CC2)cc1OCc1ccccc1. The summed E-state index contributed by atoms with van der Waals surface area (Å²) in [6.07, 6.45) is 1.54. The Kier molecular flexibility index (Phi) is 9.11. The van der Waals surface area contributed by atoms with Crippen LogP contribution in [0.4, 0.5) is 0 Å². The van der Waals surface area contributed by atoms with Crippen molar-refractivity contribution in [2.45, 2.75) is 18.4 Å². The monoisotopic (exact) mass is 536 g/mol. The predicted octanol–water partition coefficient (Wildman–Crippen LogP) is 3.04. The van der Waals surface area contributed by atoms with E-state index in [4.69, 9.17) is 9.47 Å². The van der Waals surface area contributed by atoms with E-state index in [0.717, 1.165) is 16.7 Å². The molecule has 0 radical (unpaired) electrons. The number of aryl methyl sites for hydroxylation is 1. The van der Waals surface area contributed by atoms with E-state index in [9.17, 15) is 13.2 Å². The first-order chi connectivity index (χ1) is 18.3. The van der Waals surface area contributed by atoms with Crippen LogP contribution in [-0.2, 0) is 21.4 Å². The number of sulfonamides is 1. The Morgan fingerprint density at radius 2 is 1.68 bits per heavy atom. The normalized spacial score (nSPS) is 14.9. The van der Waals surface area contributed by atoms with Crippen molar-refractivity contribution in [3.05, 3.63) is 89.5 Å². The van der Waals surface area contributed by atoms with Gasteiger partial charge in [-0.25, -0.2) is 13.8 Å². The number of ether oxygens (including phenoxy) is 2. The van der Waals surface area contributed by atoms with Gasteiger partial charge >= 0.3 is 0 Å². The van der Waals surface area contributed by atoms with Gasteiger partial charge in [-0.15, -0.1) is 0 Å². The highest BCUT2D eigenvalue weighted by Crippen LogP contribution is 2.28. The molecule has 1 aliphatic heterocycles. The number of nitrogens with zero attached hydrogens (tertiary/aromatic N) is 3. The molecule has 0 aromatic heterocycles. The molecule has 3 aromatic carbocycles. The first-order valence-corrected chi connectivity index (χ1v) is 13.7. The molecular formula is C28H32N4O5S. The molecule has 0 bridgehead atoms. The maximum absolute atomic E-state index is 12.9. The van der Waals surface area contributed by atoms with Gasteiger partial charge in [0.2, 0.25) is 10.0 Å². The van der Waals surface area contributed by atoms with E-state index < -0.39 is 10.0 Å². The fourth-order valence-corrected chi connectivity index (χ4v) is 5.45. The number of rotatable bonds is 10. The van der Waals surface area contributed by atoms with E-state index >= 15 is 0 Å². The summed E-state index contributed by atoms with van der Waals surface area (Å²) in [5.74, 6) is 0.904. The molecule has 0 atom stereocenters. The molecule has 1 aliphatic rings. The number of hydrogen-bond acceptors (Lipinski definition) is 7. The van der Waals surface area contributed by atoms with Crippen LogP contribution in [0.1, 0.15) is 16.7 Å². The van der Waals surface area contributed by atoms with Gasteiger partial charge in [-0.3, -0.25) is 9.69 Å². The second kappa shape index (κ2) is 12.7. The van der Waals surface area contributed by atoms with Gasteiger partial charge in [0.15, 0.2) is 11.5 Å². The van der Waals surface area contributed by atoms with Crippen LogP contribution in [0.25, 0.3) is 0 Å². The third-order valence-corrected chi connectivity index (χ3v) is 8.10. The van der Waals surface area contributed by atoms with E-state index in [0.29, 0.717) is 44.3 Å². The fourth-order valence-electron chi connectivity index (χ4n) is 4.03. The minimum atomic E-state index is -3.54. The summed E-state index contributed by atoms with van der Waals surface area (Å²) in [4.78, 5) is 14.6. The summed E-state index contributed by atoms with van der Waals surface area (Å²) < 4.78 is 38.5. The van der Waals surface area contributed by atoms with Crippen LogP contribution >= 0.6 is 0 Å². The Balaban J connectivity index is 1.26. The minimum absolute atomic E-state index is 0.129. The molecule has 0 spiro atoms. The Labute approximate surface area is 223 Å². The maximum atomic E-state index is 12.9. The third-order valence-electron chi connectivity index (χ3n) is 6.18. The minimum Gasteiger partial charge on any atom is -0.493 e. The highest BCUT2D eigenvalue weighted by molar-refractivity contribution is 7.89. The van der Waals surface area contributed by atoms with Crippen molar-refractivity contribution in [3.8, 4) is 11.5 Å². The van der Waals surface area contributed by atoms with E-state index in [1.165, 1.54) is 4.31 Å². The van der Waals surface area contributed by atoms with Gasteiger partial charge < -0.3 is 9.47 Å². The maximum Gasteiger partial charge on any atom is 0.254 e. The smallest absolute Gasteiger partial charge is 0.254 e. The molecule has 3 aromatic rings. The largest absolute Gasteiger partial charge is 0.493 e. The number of benzene rings is 3. The average Bonchev–Trinajstić information content (AvgIpc) is 2.93. The van der Waals surface area contributed by atoms with Crippen LogP contribution in [0, 0.1) is 6.92 Å². The summed E-state index contributed by atoms with van der Waals surface area (Å²) in [6.45, 7) is 4.01. The number of methoxy groups -OCH3 is 1. The van der Waals surface area contributed by atoms with Crippen LogP contribution in [0.2, 0.25) is 0 Å². The van der Waals surface area contributed by atoms with Crippen LogP contribution in [0.5, 0.6) is 11.5 Å². The zero-order valence-electron chi connectivity index (χ0n) is 21.5. The van der Waals surface area contributed by atoms with Crippen molar-refractivity contribution >= 4 is 22.1 Å². The van der Waals surface area contributed by atoms with Crippen molar-refractivity contribution < 1.29 is 22.7 Å². The molecule has 0 aliphatic carbocycles. The lowest BCUT2D eigenvalue weighted by atomic mass is 10.2. The van der Waals surface area contributed by atoms with E-state index in [1.54, 1.807) is 49.7 Å². The number of hydrogen-bond donors (Lipinski definition) is 1. The quantitative estimate of drug-likeness (QED) is 0.316. The van der Waals surface area contributed by atoms with Crippen molar-refractivity contribution in [1.82, 2.24) is 14.6 Å². The van der Waals surface area contributed by atoms with Gasteiger partial charge in [-0.2, -0.15) is 9.41 Å². The molecule has 1 amide bonds. The van der Waals surface area contributed by atoms with E-state index in [1.807, 2.05) is 48.2 Å². The second-order valence-corrected chi connectivity index (χ2v) is 10.9. The van der Waals surface area contributed by atoms with Crippen molar-refractivity contribution in [3.63, 3.8) is 0 Å². The lowest BCUT2D eigenvalue weighted by Gasteiger charge is -2.33. The van der Waals surface area contributed by atoms with Crippen LogP contribution in [-0.4, -0.2) is 69.6 Å². The summed E-state index contributed by atoms with van der Waals surface area (Å²) in [6, 6.07) is 22.1. The van der Waals surface area contributed by atoms with Crippen LogP contribution in [0.3, 0.4) is 0 Å². The standard InChI is InChI=1S/C28H32N4O5S/c1-22-8-11-25(12-9-22)38(34,35)32-16-14-31(15-17-32)20-28(33)30-29-19-24-10-13-26(36-2)27(18-24)37-21-23-6-4-3-5-7-23/h3-13,18-19H,14-17,20-21H2,1-2H3,(H,30,33). The summed E-state index contributed by atoms with van der Waals surface area (Å²) in [5.41, 5.74) is 5.32. The first-order valence-electron chi connectivity index (χ1n) is 12.3. The zero-order valence-corrected chi connectivity index (χ0v) is 22.4. The van der Waals surface area contributed by atoms with Crippen molar-refractivity contribution in [1.29, 1.82) is 0 Å². The molecule has 10 heteroatoms. The summed E-state index contributed by atoms with van der Waals surface area (Å²) in [7, 11) is -1.96. The summed E-state index contributed by atoms with van der Waals surface area (Å²) in [5, 5.41) is 4.07. The van der Waals surface area contributed by atoms with Gasteiger partial charge in [-0.05, 0) is 48.4 Å². The Hall–Kier alpha value is -3.73. The van der Waals surface area contributed by atoms with Gasteiger partial charge in [0.05, 0.1) is 24.8 Å². The fraction of sp³-hybridized carbons (Fsp3) is 0.286. The highest BCUT2D eigenvalue weighted by Gasteiger charge is 2.28. The lowest BCUT2D eigenvalue weighted by molar-refractivity contribution is -0.122. The van der Waals surface area contributed by atoms with Crippen LogP contribution in [0.15, 0.2) is 82.8 Å². The molecule has 9 nitrogen and oxygen atoms in total. The average molecular weight is 537 g/mol. The Bertz CT molecular complexity index is 1350. The van der Waals surface area contributed by atoms with Gasteiger partial charge in [0, 0.05) is 26.2 Å². The molecule has 1 N–H and O–H groups in total. The van der Waals surface area contributed by atoms with Gasteiger partial charge in [-0.1, -0.05) is 48.0 Å². The molecule has 38 heavy (non-hydrogen) atoms. The number of nitrogens with one attached hydrogen (secondary N) is 1. The van der Waals surface area contributed by atoms with E-state index in [2.05, 4.69) is 10.5 Å². The number of hydrazone groups is 1. The van der Waals surface area contributed by atoms with Gasteiger partial charge in [0.25, 0.3) is 5.91 Å². The first kappa shape index (κ1) is 27.3. The Morgan fingerprint density at radius 1 is 0.974 bits per heavy atom. The molecule has 0 saturated carbocycles. The molecule has 1 fully saturated rings. The lowest BCUT2D eigenvalue weighted by Crippen LogP contribution is -2.50. The Morgan fingerprint density at radius 3 is 2.37 bits per heavy atom. The number of piperazine rings is 1. The van der Waals surface area contributed by atoms with E-state index in [-0.39, 0.29) is 17.3 Å². The van der Waals surface area contributed by atoms with Crippen molar-refractivity contribution in [2.75, 3.05) is 39.8 Å². The van der Waals surface area contributed by atoms with Gasteiger partial charge in [0.1, 0.15) is 6.61 Å². The zero-order chi connectivity index (χ0) is 27.0. The highest BCUT2D eigenvalue weighted by atomic mass is 32.2. The molecule has 4 rings (SSSR count). The molecule has 0 unspecified atom stereocenters. The number of carbonyl (C=O) groups excluding carboxylic acids is 1. The number of carbonyl (C=O) groups is 1. The van der Waals surface area contributed by atoms with Crippen molar-refractivity contribution in [2.24, 2.45) is 5.10 Å². The third kappa shape index (κ3) is 7.18. The summed E-state index contributed by atoms with van der Waals surface area (Å²) >= 11 is 0. The predicted molar refractivity (Wildman–Crippen MR) is 146 cm³/mol. The molecular weight excluding hydrogens is 504 g/mol. The number of amides is 1. The van der Waals surface area contributed by atoms with Crippen LogP contribution < -0.4 is 14.9 Å². The molecule has 1 heterocycles. The second-order valence-electron chi connectivity index (χ2n) is 8.97. The molecule has 1 saturated heterocycles. The topological polar surface area (TPSA) is 101 Å².